The van der Waals surface area contributed by atoms with Gasteiger partial charge >= 0.3 is 88.9 Å². The summed E-state index contributed by atoms with van der Waals surface area (Å²) in [5.74, 6) is 0. The summed E-state index contributed by atoms with van der Waals surface area (Å²) in [6.07, 6.45) is 5.99. The van der Waals surface area contributed by atoms with E-state index in [9.17, 15) is 0 Å². The molecule has 0 amide bonds. The van der Waals surface area contributed by atoms with Crippen LogP contribution in [0.2, 0.25) is 15.8 Å². The fourth-order valence-electron chi connectivity index (χ4n) is 3.51. The molecule has 0 aliphatic carbocycles. The van der Waals surface area contributed by atoms with E-state index < -0.39 is 13.3 Å². The van der Waals surface area contributed by atoms with Crippen LogP contribution in [-0.2, 0) is 6.42 Å². The average Bonchev–Trinajstić information content (AvgIpc) is 2.60. The van der Waals surface area contributed by atoms with Gasteiger partial charge in [-0.3, -0.25) is 0 Å². The van der Waals surface area contributed by atoms with Gasteiger partial charge in [-0.1, -0.05) is 0 Å². The van der Waals surface area contributed by atoms with Crippen molar-refractivity contribution in [3.8, 4) is 0 Å². The fraction of sp³-hybridized carbons (Fsp3) is 0.538. The topological polar surface area (TPSA) is 0 Å². The summed E-state index contributed by atoms with van der Waals surface area (Å²) in [6, 6.07) is 9.34. The van der Waals surface area contributed by atoms with Crippen molar-refractivity contribution in [3.63, 3.8) is 0 Å². The maximum atomic E-state index is 2.47. The first-order chi connectivity index (χ1) is 6.91. The summed E-state index contributed by atoms with van der Waals surface area (Å²) < 4.78 is 1.88. The van der Waals surface area contributed by atoms with E-state index in [0.717, 1.165) is 0 Å². The molecule has 2 aliphatic heterocycles. The van der Waals surface area contributed by atoms with Crippen LogP contribution in [-0.4, -0.2) is 13.3 Å². The van der Waals surface area contributed by atoms with E-state index in [1.165, 1.54) is 25.7 Å². The summed E-state index contributed by atoms with van der Waals surface area (Å²) in [7, 11) is 0. The predicted molar refractivity (Wildman–Crippen MR) is 63.8 cm³/mol. The summed E-state index contributed by atoms with van der Waals surface area (Å²) >= 11 is -1.48. The molecule has 0 nitrogen and oxygen atoms in total. The molecule has 0 unspecified atom stereocenters. The van der Waals surface area contributed by atoms with Gasteiger partial charge in [0.15, 0.2) is 0 Å². The maximum absolute atomic E-state index is 2.47. The van der Waals surface area contributed by atoms with Crippen molar-refractivity contribution >= 4 is 17.7 Å². The van der Waals surface area contributed by atoms with E-state index in [0.29, 0.717) is 0 Å². The molecule has 0 radical (unpaired) electrons. The van der Waals surface area contributed by atoms with E-state index in [1.807, 2.05) is 4.40 Å². The van der Waals surface area contributed by atoms with Gasteiger partial charge in [-0.05, 0) is 0 Å². The van der Waals surface area contributed by atoms with E-state index in [1.54, 1.807) is 21.3 Å². The Morgan fingerprint density at radius 2 is 1.64 bits per heavy atom. The molecule has 1 aromatic rings. The Morgan fingerprint density at radius 3 is 2.50 bits per heavy atom. The van der Waals surface area contributed by atoms with Crippen molar-refractivity contribution in [2.75, 3.05) is 0 Å². The number of hydrogen-bond acceptors (Lipinski definition) is 0. The molecule has 74 valence electrons. The van der Waals surface area contributed by atoms with Crippen LogP contribution in [0.5, 0.6) is 0 Å². The summed E-state index contributed by atoms with van der Waals surface area (Å²) in [6.45, 7) is 0. The Bertz CT molecular complexity index is 331. The van der Waals surface area contributed by atoms with Crippen LogP contribution in [0.25, 0.3) is 0 Å². The molecule has 1 aromatic carbocycles. The summed E-state index contributed by atoms with van der Waals surface area (Å²) in [5, 5.41) is 4.88. The Labute approximate surface area is 89.1 Å². The molecular weight excluding hydrogens is 229 g/mol. The van der Waals surface area contributed by atoms with Crippen molar-refractivity contribution in [1.82, 2.24) is 0 Å². The van der Waals surface area contributed by atoms with Gasteiger partial charge in [-0.2, -0.15) is 0 Å². The summed E-state index contributed by atoms with van der Waals surface area (Å²) in [4.78, 5) is 0. The molecule has 3 rings (SSSR count). The van der Waals surface area contributed by atoms with Crippen LogP contribution in [0.4, 0.5) is 0 Å². The zero-order chi connectivity index (χ0) is 9.43. The second kappa shape index (κ2) is 3.41. The van der Waals surface area contributed by atoms with Gasteiger partial charge in [0, 0.05) is 0 Å². The number of hydrogen-bond donors (Lipinski definition) is 0. The van der Waals surface area contributed by atoms with Crippen LogP contribution < -0.4 is 4.40 Å². The Hall–Kier alpha value is -0.237. The molecule has 1 heteroatoms. The van der Waals surface area contributed by atoms with Crippen molar-refractivity contribution < 1.29 is 0 Å². The normalized spacial score (nSPS) is 23.7. The van der Waals surface area contributed by atoms with Crippen molar-refractivity contribution in [2.45, 2.75) is 41.4 Å². The standard InChI is InChI=1S/C13H18Ge/c1-4-9-14(10-5-1)11-8-12-6-2-3-7-13(12)14/h2-3,6-7H,1,4-5,8-11H2. The zero-order valence-corrected chi connectivity index (χ0v) is 10.9. The number of fused-ring (bicyclic) bond motifs is 2. The van der Waals surface area contributed by atoms with Crippen molar-refractivity contribution in [2.24, 2.45) is 0 Å². The van der Waals surface area contributed by atoms with Crippen LogP contribution in [0, 0.1) is 0 Å². The number of rotatable bonds is 0. The molecule has 0 aromatic heterocycles. The average molecular weight is 247 g/mol. The molecule has 0 saturated carbocycles. The minimum atomic E-state index is -1.48. The number of aryl methyl sites for hydroxylation is 1. The van der Waals surface area contributed by atoms with Gasteiger partial charge < -0.3 is 0 Å². The molecule has 1 fully saturated rings. The summed E-state index contributed by atoms with van der Waals surface area (Å²) in [5.41, 5.74) is 1.72. The van der Waals surface area contributed by atoms with Gasteiger partial charge in [0.05, 0.1) is 0 Å². The number of benzene rings is 1. The van der Waals surface area contributed by atoms with Gasteiger partial charge in [-0.15, -0.1) is 0 Å². The minimum absolute atomic E-state index is 1.41. The first-order valence-corrected chi connectivity index (χ1v) is 11.5. The molecule has 1 saturated heterocycles. The van der Waals surface area contributed by atoms with Crippen LogP contribution in [0.3, 0.4) is 0 Å². The SMILES string of the molecule is c1cc[c]2c(c1)C[CH2][Ge]21[CH2]CCC[CH2]1. The third kappa shape index (κ3) is 1.27. The van der Waals surface area contributed by atoms with Crippen LogP contribution in [0.15, 0.2) is 24.3 Å². The molecule has 0 N–H and O–H groups in total. The quantitative estimate of drug-likeness (QED) is 0.618. The molecule has 2 heterocycles. The van der Waals surface area contributed by atoms with Crippen molar-refractivity contribution in [3.05, 3.63) is 29.8 Å². The van der Waals surface area contributed by atoms with Gasteiger partial charge in [0.2, 0.25) is 0 Å². The van der Waals surface area contributed by atoms with Gasteiger partial charge in [0.25, 0.3) is 0 Å². The van der Waals surface area contributed by atoms with Gasteiger partial charge in [0.1, 0.15) is 0 Å². The zero-order valence-electron chi connectivity index (χ0n) is 8.76. The molecule has 0 atom stereocenters. The molecule has 2 aliphatic rings. The fourth-order valence-corrected chi connectivity index (χ4v) is 15.0. The van der Waals surface area contributed by atoms with E-state index >= 15 is 0 Å². The van der Waals surface area contributed by atoms with Crippen molar-refractivity contribution in [1.29, 1.82) is 0 Å². The molecule has 0 bridgehead atoms. The Balaban J connectivity index is 2.03. The Kier molecular flexibility index (Phi) is 2.20. The second-order valence-electron chi connectivity index (χ2n) is 5.00. The molecular formula is C13H18Ge. The van der Waals surface area contributed by atoms with E-state index in [2.05, 4.69) is 24.3 Å². The Morgan fingerprint density at radius 1 is 0.857 bits per heavy atom. The first kappa shape index (κ1) is 9.02. The first-order valence-electron chi connectivity index (χ1n) is 5.99. The third-order valence-corrected chi connectivity index (χ3v) is 15.7. The van der Waals surface area contributed by atoms with E-state index in [4.69, 9.17) is 0 Å². The van der Waals surface area contributed by atoms with E-state index in [-0.39, 0.29) is 0 Å². The van der Waals surface area contributed by atoms with Crippen LogP contribution >= 0.6 is 0 Å². The molecule has 14 heavy (non-hydrogen) atoms. The predicted octanol–water partition coefficient (Wildman–Crippen LogP) is 3.08. The van der Waals surface area contributed by atoms with Gasteiger partial charge in [-0.25, -0.2) is 0 Å². The monoisotopic (exact) mass is 248 g/mol. The second-order valence-corrected chi connectivity index (χ2v) is 14.6. The van der Waals surface area contributed by atoms with Crippen LogP contribution in [0.1, 0.15) is 24.8 Å². The molecule has 1 spiro atoms. The third-order valence-electron chi connectivity index (χ3n) is 4.27.